The molecule has 122 valence electrons. The highest BCUT2D eigenvalue weighted by Gasteiger charge is 2.38. The monoisotopic (exact) mass is 317 g/mol. The summed E-state index contributed by atoms with van der Waals surface area (Å²) in [6, 6.07) is 3.42. The van der Waals surface area contributed by atoms with Gasteiger partial charge in [0, 0.05) is 0 Å². The van der Waals surface area contributed by atoms with Crippen molar-refractivity contribution >= 4 is 18.6 Å². The maximum Gasteiger partial charge on any atom is 0.492 e. The number of hydrogen-bond donors (Lipinski definition) is 1. The van der Waals surface area contributed by atoms with Crippen LogP contribution in [0, 0.1) is 13.5 Å². The van der Waals surface area contributed by atoms with E-state index in [2.05, 4.69) is 4.85 Å². The number of aryl methyl sites for hydroxylation is 1. The highest BCUT2D eigenvalue weighted by atomic mass is 16.6. The van der Waals surface area contributed by atoms with Gasteiger partial charge in [0.2, 0.25) is 0 Å². The molecule has 0 bridgehead atoms. The van der Waals surface area contributed by atoms with E-state index in [9.17, 15) is 9.82 Å². The second-order valence-electron chi connectivity index (χ2n) is 6.44. The van der Waals surface area contributed by atoms with Gasteiger partial charge in [-0.05, 0) is 56.4 Å². The number of hydrogen-bond acceptors (Lipinski definition) is 5. The molecule has 1 aromatic rings. The van der Waals surface area contributed by atoms with Crippen LogP contribution in [0.25, 0.3) is 4.85 Å². The first kappa shape index (κ1) is 17.3. The van der Waals surface area contributed by atoms with Crippen molar-refractivity contribution in [1.29, 1.82) is 0 Å². The average molecular weight is 317 g/mol. The van der Waals surface area contributed by atoms with Gasteiger partial charge in [-0.1, -0.05) is 0 Å². The second-order valence-corrected chi connectivity index (χ2v) is 6.44. The first-order chi connectivity index (χ1) is 10.7. The van der Waals surface area contributed by atoms with Crippen LogP contribution in [0.4, 0.5) is 0 Å². The zero-order valence-electron chi connectivity index (χ0n) is 13.8. The van der Waals surface area contributed by atoms with Crippen LogP contribution in [0.15, 0.2) is 12.1 Å². The number of fused-ring (bicyclic) bond motifs is 1. The molecule has 0 saturated heterocycles. The third-order valence-electron chi connectivity index (χ3n) is 3.34. The summed E-state index contributed by atoms with van der Waals surface area (Å²) in [6.07, 6.45) is -0.519. The van der Waals surface area contributed by atoms with Crippen molar-refractivity contribution in [1.82, 2.24) is 0 Å². The molecule has 2 rings (SSSR count). The molecule has 1 aliphatic rings. The van der Waals surface area contributed by atoms with E-state index in [1.54, 1.807) is 32.9 Å². The summed E-state index contributed by atoms with van der Waals surface area (Å²) in [5.74, 6) is 0.119. The Morgan fingerprint density at radius 2 is 2.17 bits per heavy atom. The Labute approximate surface area is 136 Å². The minimum Gasteiger partial charge on any atom is -0.460 e. The van der Waals surface area contributed by atoms with Crippen LogP contribution < -0.4 is 10.2 Å². The highest BCUT2D eigenvalue weighted by molar-refractivity contribution is 6.62. The molecule has 7 heteroatoms. The first-order valence-corrected chi connectivity index (χ1v) is 7.37. The van der Waals surface area contributed by atoms with Crippen LogP contribution in [0.5, 0.6) is 5.75 Å². The molecule has 0 aromatic heterocycles. The number of esters is 1. The maximum absolute atomic E-state index is 12.0. The normalized spacial score (nSPS) is 16.7. The molecular weight excluding hydrogens is 297 g/mol. The molecule has 0 saturated carbocycles. The van der Waals surface area contributed by atoms with Crippen molar-refractivity contribution in [3.63, 3.8) is 0 Å². The van der Waals surface area contributed by atoms with E-state index in [1.807, 2.05) is 6.92 Å². The van der Waals surface area contributed by atoms with Crippen LogP contribution in [-0.4, -0.2) is 30.4 Å². The summed E-state index contributed by atoms with van der Waals surface area (Å²) in [5.41, 5.74) is 1.62. The van der Waals surface area contributed by atoms with Crippen LogP contribution in [0.1, 0.15) is 44.4 Å². The zero-order valence-corrected chi connectivity index (χ0v) is 13.8. The summed E-state index contributed by atoms with van der Waals surface area (Å²) in [5, 5.41) is 10.1. The maximum atomic E-state index is 12.0. The van der Waals surface area contributed by atoms with Crippen molar-refractivity contribution in [2.24, 2.45) is 0 Å². The third kappa shape index (κ3) is 4.24. The molecule has 0 amide bonds. The lowest BCUT2D eigenvalue weighted by Crippen LogP contribution is -2.28. The SMILES string of the molecule is [C-]#[N+]COc1cc(C)c2c(c1)B(O)OC2CC(=O)OC(C)(C)C. The number of benzene rings is 1. The molecule has 0 spiro atoms. The molecule has 0 radical (unpaired) electrons. The van der Waals surface area contributed by atoms with Gasteiger partial charge in [-0.15, -0.1) is 0 Å². The molecule has 1 aliphatic heterocycles. The molecular formula is C16H20BNO5. The van der Waals surface area contributed by atoms with Crippen molar-refractivity contribution in [2.45, 2.75) is 45.8 Å². The van der Waals surface area contributed by atoms with Gasteiger partial charge in [-0.3, -0.25) is 9.64 Å². The van der Waals surface area contributed by atoms with Gasteiger partial charge < -0.3 is 19.2 Å². The molecule has 0 fully saturated rings. The van der Waals surface area contributed by atoms with Gasteiger partial charge in [-0.2, -0.15) is 0 Å². The van der Waals surface area contributed by atoms with Gasteiger partial charge in [0.05, 0.1) is 12.5 Å². The highest BCUT2D eigenvalue weighted by Crippen LogP contribution is 2.32. The first-order valence-electron chi connectivity index (χ1n) is 7.37. The average Bonchev–Trinajstić information content (AvgIpc) is 2.71. The van der Waals surface area contributed by atoms with Crippen molar-refractivity contribution in [3.8, 4) is 5.75 Å². The fourth-order valence-electron chi connectivity index (χ4n) is 2.61. The minimum atomic E-state index is -1.12. The van der Waals surface area contributed by atoms with E-state index in [-0.39, 0.29) is 19.1 Å². The third-order valence-corrected chi connectivity index (χ3v) is 3.34. The zero-order chi connectivity index (χ0) is 17.2. The van der Waals surface area contributed by atoms with Crippen molar-refractivity contribution in [3.05, 3.63) is 34.7 Å². The number of nitrogens with zero attached hydrogens (tertiary/aromatic N) is 1. The van der Waals surface area contributed by atoms with E-state index >= 15 is 0 Å². The van der Waals surface area contributed by atoms with E-state index in [4.69, 9.17) is 20.7 Å². The predicted molar refractivity (Wildman–Crippen MR) is 85.2 cm³/mol. The quantitative estimate of drug-likeness (QED) is 0.520. The lowest BCUT2D eigenvalue weighted by Gasteiger charge is -2.21. The summed E-state index contributed by atoms with van der Waals surface area (Å²) < 4.78 is 16.1. The fourth-order valence-corrected chi connectivity index (χ4v) is 2.61. The Balaban J connectivity index is 2.20. The van der Waals surface area contributed by atoms with Crippen LogP contribution in [0.3, 0.4) is 0 Å². The Hall–Kier alpha value is -2.04. The topological polar surface area (TPSA) is 69.3 Å². The second kappa shape index (κ2) is 6.61. The number of ether oxygens (including phenoxy) is 2. The van der Waals surface area contributed by atoms with Gasteiger partial charge >= 0.3 is 19.8 Å². The van der Waals surface area contributed by atoms with E-state index in [1.165, 1.54) is 0 Å². The summed E-state index contributed by atoms with van der Waals surface area (Å²) >= 11 is 0. The Morgan fingerprint density at radius 3 is 2.78 bits per heavy atom. The molecule has 1 unspecified atom stereocenters. The number of rotatable bonds is 4. The summed E-state index contributed by atoms with van der Waals surface area (Å²) in [7, 11) is -1.12. The van der Waals surface area contributed by atoms with Crippen LogP contribution >= 0.6 is 0 Å². The van der Waals surface area contributed by atoms with E-state index in [0.29, 0.717) is 11.2 Å². The van der Waals surface area contributed by atoms with Crippen LogP contribution in [0.2, 0.25) is 0 Å². The fraction of sp³-hybridized carbons (Fsp3) is 0.500. The summed E-state index contributed by atoms with van der Waals surface area (Å²) in [4.78, 5) is 15.1. The molecule has 0 aliphatic carbocycles. The van der Waals surface area contributed by atoms with Crippen molar-refractivity contribution in [2.75, 3.05) is 6.73 Å². The predicted octanol–water partition coefficient (Wildman–Crippen LogP) is 1.74. The standard InChI is InChI=1S/C16H20BNO5/c1-10-6-11(21-9-18-5)7-12-15(10)13(23-17(12)20)8-14(19)22-16(2,3)4/h6-7,13,20H,8-9H2,1-4H3. The smallest absolute Gasteiger partial charge is 0.460 e. The van der Waals surface area contributed by atoms with Gasteiger partial charge in [0.25, 0.3) is 0 Å². The molecule has 6 nitrogen and oxygen atoms in total. The molecule has 23 heavy (non-hydrogen) atoms. The Morgan fingerprint density at radius 1 is 1.48 bits per heavy atom. The molecule has 1 heterocycles. The Bertz CT molecular complexity index is 647. The lowest BCUT2D eigenvalue weighted by atomic mass is 9.77. The van der Waals surface area contributed by atoms with Crippen molar-refractivity contribution < 1.29 is 23.9 Å². The molecule has 1 atom stereocenters. The largest absolute Gasteiger partial charge is 0.492 e. The lowest BCUT2D eigenvalue weighted by molar-refractivity contribution is -0.156. The van der Waals surface area contributed by atoms with Gasteiger partial charge in [-0.25, -0.2) is 6.57 Å². The summed E-state index contributed by atoms with van der Waals surface area (Å²) in [6.45, 7) is 13.9. The molecule has 1 N–H and O–H groups in total. The molecule has 1 aromatic carbocycles. The van der Waals surface area contributed by atoms with E-state index < -0.39 is 18.8 Å². The number of carbonyl (C=O) groups is 1. The van der Waals surface area contributed by atoms with Gasteiger partial charge in [0.15, 0.2) is 0 Å². The van der Waals surface area contributed by atoms with E-state index in [0.717, 1.165) is 11.1 Å². The Kier molecular flexibility index (Phi) is 4.98. The minimum absolute atomic E-state index is 0.0322. The van der Waals surface area contributed by atoms with Crippen LogP contribution in [-0.2, 0) is 14.2 Å². The number of carbonyl (C=O) groups excluding carboxylic acids is 1. The van der Waals surface area contributed by atoms with Gasteiger partial charge in [0.1, 0.15) is 11.4 Å².